The van der Waals surface area contributed by atoms with Gasteiger partial charge in [-0.1, -0.05) is 6.58 Å². The molecule has 0 radical (unpaired) electrons. The summed E-state index contributed by atoms with van der Waals surface area (Å²) in [6.07, 6.45) is -7.05. The first-order valence-electron chi connectivity index (χ1n) is 11.2. The average Bonchev–Trinajstić information content (AvgIpc) is 2.87. The standard InChI is InChI=1S/C25H23F6N7O2/c1-5-33-18-12-34-23(38(2)3)37-20(18)21(32)36-17-10-13(6-8-15(17)24(26,27)28)22(39)35-14-7-9-19(40-4)16(11-14)25(29,30)31/h5-12,33H,1H2,2-4H3,(H2,32,36)(H,35,39). The van der Waals surface area contributed by atoms with E-state index in [0.717, 1.165) is 31.4 Å². The third-order valence-electron chi connectivity index (χ3n) is 5.25. The van der Waals surface area contributed by atoms with Gasteiger partial charge in [-0.25, -0.2) is 15.0 Å². The number of aromatic nitrogens is 2. The molecular weight excluding hydrogens is 544 g/mol. The summed E-state index contributed by atoms with van der Waals surface area (Å²) in [4.78, 5) is 26.6. The Labute approximate surface area is 224 Å². The number of nitrogens with zero attached hydrogens (tertiary/aromatic N) is 4. The molecular formula is C25H23F6N7O2. The van der Waals surface area contributed by atoms with Crippen molar-refractivity contribution in [1.29, 1.82) is 0 Å². The minimum Gasteiger partial charge on any atom is -0.496 e. The van der Waals surface area contributed by atoms with Crippen LogP contribution in [0.1, 0.15) is 27.2 Å². The van der Waals surface area contributed by atoms with Crippen LogP contribution >= 0.6 is 0 Å². The topological polar surface area (TPSA) is 118 Å². The van der Waals surface area contributed by atoms with Gasteiger partial charge in [-0.3, -0.25) is 4.79 Å². The van der Waals surface area contributed by atoms with Crippen molar-refractivity contribution in [2.24, 2.45) is 10.7 Å². The van der Waals surface area contributed by atoms with Crippen molar-refractivity contribution in [3.8, 4) is 5.75 Å². The molecule has 0 fully saturated rings. The Kier molecular flexibility index (Phi) is 8.55. The van der Waals surface area contributed by atoms with Crippen LogP contribution in [0, 0.1) is 0 Å². The maximum atomic E-state index is 13.8. The van der Waals surface area contributed by atoms with Crippen molar-refractivity contribution in [2.45, 2.75) is 12.4 Å². The minimum absolute atomic E-state index is 0.0421. The van der Waals surface area contributed by atoms with E-state index in [2.05, 4.69) is 32.2 Å². The minimum atomic E-state index is -4.88. The lowest BCUT2D eigenvalue weighted by atomic mass is 10.1. The SMILES string of the molecule is C=CNc1cnc(N(C)C)nc1C(N)=Nc1cc(C(=O)Nc2ccc(OC)c(C(F)(F)F)c2)ccc1C(F)(F)F. The lowest BCUT2D eigenvalue weighted by Crippen LogP contribution is -2.21. The summed E-state index contributed by atoms with van der Waals surface area (Å²) in [5, 5.41) is 4.95. The number of halogens is 6. The van der Waals surface area contributed by atoms with Crippen LogP contribution in [0.3, 0.4) is 0 Å². The van der Waals surface area contributed by atoms with Gasteiger partial charge in [0.2, 0.25) is 5.95 Å². The van der Waals surface area contributed by atoms with Gasteiger partial charge in [-0.2, -0.15) is 26.3 Å². The fourth-order valence-electron chi connectivity index (χ4n) is 3.40. The van der Waals surface area contributed by atoms with Gasteiger partial charge in [0.1, 0.15) is 11.4 Å². The van der Waals surface area contributed by atoms with Gasteiger partial charge in [-0.05, 0) is 42.6 Å². The molecule has 0 saturated carbocycles. The third-order valence-corrected chi connectivity index (χ3v) is 5.25. The summed E-state index contributed by atoms with van der Waals surface area (Å²) < 4.78 is 86.1. The number of rotatable bonds is 8. The highest BCUT2D eigenvalue weighted by molar-refractivity contribution is 6.06. The molecule has 15 heteroatoms. The molecule has 0 saturated heterocycles. The van der Waals surface area contributed by atoms with Crippen LogP contribution in [-0.2, 0) is 12.4 Å². The Morgan fingerprint density at radius 3 is 2.33 bits per heavy atom. The number of methoxy groups -OCH3 is 1. The summed E-state index contributed by atoms with van der Waals surface area (Å²) in [6.45, 7) is 3.52. The Hall–Kier alpha value is -4.82. The van der Waals surface area contributed by atoms with E-state index in [9.17, 15) is 31.1 Å². The van der Waals surface area contributed by atoms with Gasteiger partial charge in [0, 0.05) is 25.3 Å². The van der Waals surface area contributed by atoms with Gasteiger partial charge in [-0.15, -0.1) is 0 Å². The number of anilines is 3. The summed E-state index contributed by atoms with van der Waals surface area (Å²) in [5.41, 5.74) is 2.53. The Morgan fingerprint density at radius 1 is 1.07 bits per heavy atom. The zero-order valence-electron chi connectivity index (χ0n) is 21.3. The Morgan fingerprint density at radius 2 is 1.75 bits per heavy atom. The highest BCUT2D eigenvalue weighted by Crippen LogP contribution is 2.39. The molecule has 9 nitrogen and oxygen atoms in total. The quantitative estimate of drug-likeness (QED) is 0.189. The van der Waals surface area contributed by atoms with E-state index in [1.807, 2.05) is 0 Å². The van der Waals surface area contributed by atoms with Crippen LogP contribution in [0.5, 0.6) is 5.75 Å². The number of carbonyl (C=O) groups excluding carboxylic acids is 1. The number of benzene rings is 2. The maximum absolute atomic E-state index is 13.8. The van der Waals surface area contributed by atoms with Crippen molar-refractivity contribution in [3.05, 3.63) is 77.8 Å². The number of carbonyl (C=O) groups is 1. The molecule has 0 aliphatic heterocycles. The first-order valence-corrected chi connectivity index (χ1v) is 11.2. The molecule has 212 valence electrons. The zero-order valence-corrected chi connectivity index (χ0v) is 21.3. The number of aliphatic imine (C=N–C) groups is 1. The van der Waals surface area contributed by atoms with Crippen molar-refractivity contribution < 1.29 is 35.9 Å². The van der Waals surface area contributed by atoms with Gasteiger partial charge in [0.05, 0.1) is 35.8 Å². The highest BCUT2D eigenvalue weighted by Gasteiger charge is 2.36. The maximum Gasteiger partial charge on any atom is 0.420 e. The number of amides is 1. The monoisotopic (exact) mass is 567 g/mol. The Balaban J connectivity index is 2.06. The lowest BCUT2D eigenvalue weighted by molar-refractivity contribution is -0.139. The van der Waals surface area contributed by atoms with E-state index in [1.165, 1.54) is 17.3 Å². The number of hydrogen-bond acceptors (Lipinski definition) is 7. The van der Waals surface area contributed by atoms with Crippen LogP contribution in [0.2, 0.25) is 0 Å². The van der Waals surface area contributed by atoms with Crippen molar-refractivity contribution in [3.63, 3.8) is 0 Å². The lowest BCUT2D eigenvalue weighted by Gasteiger charge is -2.16. The van der Waals surface area contributed by atoms with E-state index in [4.69, 9.17) is 10.5 Å². The molecule has 4 N–H and O–H groups in total. The number of alkyl halides is 6. The third kappa shape index (κ3) is 6.78. The summed E-state index contributed by atoms with van der Waals surface area (Å²) in [5.74, 6) is -1.72. The van der Waals surface area contributed by atoms with Crippen LogP contribution in [0.25, 0.3) is 0 Å². The number of nitrogens with one attached hydrogen (secondary N) is 2. The molecule has 3 rings (SSSR count). The fraction of sp³-hybridized carbons (Fsp3) is 0.200. The molecule has 40 heavy (non-hydrogen) atoms. The molecule has 0 spiro atoms. The molecule has 1 aromatic heterocycles. The average molecular weight is 567 g/mol. The number of nitrogens with two attached hydrogens (primary N) is 1. The Bertz CT molecular complexity index is 1450. The molecule has 0 bridgehead atoms. The van der Waals surface area contributed by atoms with Crippen molar-refractivity contribution in [1.82, 2.24) is 9.97 Å². The van der Waals surface area contributed by atoms with E-state index >= 15 is 0 Å². The normalized spacial score (nSPS) is 12.1. The largest absolute Gasteiger partial charge is 0.496 e. The van der Waals surface area contributed by atoms with Gasteiger partial charge in [0.25, 0.3) is 5.91 Å². The van der Waals surface area contributed by atoms with E-state index in [0.29, 0.717) is 12.1 Å². The van der Waals surface area contributed by atoms with E-state index < -0.39 is 46.7 Å². The number of ether oxygens (including phenoxy) is 1. The predicted molar refractivity (Wildman–Crippen MR) is 138 cm³/mol. The van der Waals surface area contributed by atoms with Crippen LogP contribution in [0.4, 0.5) is 49.4 Å². The van der Waals surface area contributed by atoms with Gasteiger partial charge in [0.15, 0.2) is 5.84 Å². The molecule has 2 aromatic carbocycles. The molecule has 1 amide bonds. The second-order valence-corrected chi connectivity index (χ2v) is 8.27. The van der Waals surface area contributed by atoms with Crippen LogP contribution in [0.15, 0.2) is 60.4 Å². The number of hydrogen-bond donors (Lipinski definition) is 3. The molecule has 0 atom stereocenters. The highest BCUT2D eigenvalue weighted by atomic mass is 19.4. The fourth-order valence-corrected chi connectivity index (χ4v) is 3.40. The van der Waals surface area contributed by atoms with Crippen molar-refractivity contribution in [2.75, 3.05) is 36.7 Å². The van der Waals surface area contributed by atoms with E-state index in [-0.39, 0.29) is 28.6 Å². The second-order valence-electron chi connectivity index (χ2n) is 8.27. The zero-order chi connectivity index (χ0) is 29.8. The molecule has 0 aliphatic rings. The van der Waals surface area contributed by atoms with E-state index in [1.54, 1.807) is 14.1 Å². The molecule has 3 aromatic rings. The van der Waals surface area contributed by atoms with Crippen LogP contribution < -0.4 is 26.0 Å². The van der Waals surface area contributed by atoms with Gasteiger partial charge >= 0.3 is 12.4 Å². The number of amidine groups is 1. The first kappa shape index (κ1) is 29.7. The van der Waals surface area contributed by atoms with Gasteiger partial charge < -0.3 is 26.0 Å². The smallest absolute Gasteiger partial charge is 0.420 e. The summed E-state index contributed by atoms with van der Waals surface area (Å²) >= 11 is 0. The van der Waals surface area contributed by atoms with Crippen molar-refractivity contribution >= 4 is 34.8 Å². The molecule has 0 unspecified atom stereocenters. The molecule has 1 heterocycles. The first-order chi connectivity index (χ1) is 18.6. The predicted octanol–water partition coefficient (Wildman–Crippen LogP) is 5.43. The molecule has 0 aliphatic carbocycles. The van der Waals surface area contributed by atoms with Crippen LogP contribution in [-0.4, -0.2) is 42.9 Å². The second kappa shape index (κ2) is 11.5. The summed E-state index contributed by atoms with van der Waals surface area (Å²) in [7, 11) is 4.33. The summed E-state index contributed by atoms with van der Waals surface area (Å²) in [6, 6.07) is 5.08.